The SMILES string of the molecule is CC(O)C1CCCN(C(=O)Nc2ccc3c4c(cccc24)CC3)C1. The first kappa shape index (κ1) is 15.5. The quantitative estimate of drug-likeness (QED) is 0.887. The first-order valence-corrected chi connectivity index (χ1v) is 8.91. The smallest absolute Gasteiger partial charge is 0.321 e. The van der Waals surface area contributed by atoms with Gasteiger partial charge in [0.05, 0.1) is 11.8 Å². The molecule has 1 aliphatic heterocycles. The number of carbonyl (C=O) groups excluding carboxylic acids is 1. The van der Waals surface area contributed by atoms with Crippen LogP contribution in [-0.2, 0) is 12.8 Å². The largest absolute Gasteiger partial charge is 0.393 e. The van der Waals surface area contributed by atoms with Crippen molar-refractivity contribution >= 4 is 22.5 Å². The van der Waals surface area contributed by atoms with Gasteiger partial charge in [0.1, 0.15) is 0 Å². The van der Waals surface area contributed by atoms with Gasteiger partial charge in [0.25, 0.3) is 0 Å². The number of nitrogens with one attached hydrogen (secondary N) is 1. The minimum Gasteiger partial charge on any atom is -0.393 e. The highest BCUT2D eigenvalue weighted by molar-refractivity contribution is 6.04. The minimum atomic E-state index is -0.364. The lowest BCUT2D eigenvalue weighted by Gasteiger charge is -2.34. The summed E-state index contributed by atoms with van der Waals surface area (Å²) in [5.74, 6) is 0.178. The van der Waals surface area contributed by atoms with E-state index in [1.165, 1.54) is 16.5 Å². The molecule has 1 heterocycles. The fourth-order valence-corrected chi connectivity index (χ4v) is 4.14. The predicted octanol–water partition coefficient (Wildman–Crippen LogP) is 3.56. The summed E-state index contributed by atoms with van der Waals surface area (Å²) in [4.78, 5) is 14.5. The number of aliphatic hydroxyl groups excluding tert-OH is 1. The number of piperidine rings is 1. The Bertz CT molecular complexity index is 774. The molecular formula is C20H24N2O2. The molecule has 2 N–H and O–H groups in total. The molecule has 1 aliphatic carbocycles. The monoisotopic (exact) mass is 324 g/mol. The third-order valence-corrected chi connectivity index (χ3v) is 5.55. The Morgan fingerprint density at radius 2 is 2.04 bits per heavy atom. The molecule has 1 fully saturated rings. The van der Waals surface area contributed by atoms with E-state index >= 15 is 0 Å². The van der Waals surface area contributed by atoms with Crippen LogP contribution in [0.5, 0.6) is 0 Å². The highest BCUT2D eigenvalue weighted by Gasteiger charge is 2.27. The molecule has 126 valence electrons. The number of benzene rings is 2. The van der Waals surface area contributed by atoms with Crippen LogP contribution in [0.15, 0.2) is 30.3 Å². The van der Waals surface area contributed by atoms with Crippen molar-refractivity contribution < 1.29 is 9.90 Å². The first-order chi connectivity index (χ1) is 11.6. The zero-order valence-corrected chi connectivity index (χ0v) is 14.1. The van der Waals surface area contributed by atoms with Crippen molar-refractivity contribution in [2.45, 2.75) is 38.7 Å². The molecule has 0 aromatic heterocycles. The maximum Gasteiger partial charge on any atom is 0.321 e. The summed E-state index contributed by atoms with van der Waals surface area (Å²) >= 11 is 0. The van der Waals surface area contributed by atoms with Crippen molar-refractivity contribution in [3.05, 3.63) is 41.5 Å². The zero-order valence-electron chi connectivity index (χ0n) is 14.1. The zero-order chi connectivity index (χ0) is 16.7. The summed E-state index contributed by atoms with van der Waals surface area (Å²) in [6.07, 6.45) is 3.76. The molecule has 0 radical (unpaired) electrons. The van der Waals surface area contributed by atoms with Crippen LogP contribution in [0.4, 0.5) is 10.5 Å². The molecule has 2 amide bonds. The average molecular weight is 324 g/mol. The van der Waals surface area contributed by atoms with E-state index in [1.807, 2.05) is 17.9 Å². The summed E-state index contributed by atoms with van der Waals surface area (Å²) in [7, 11) is 0. The van der Waals surface area contributed by atoms with E-state index in [1.54, 1.807) is 0 Å². The molecule has 2 aromatic carbocycles. The fraction of sp³-hybridized carbons (Fsp3) is 0.450. The predicted molar refractivity (Wildman–Crippen MR) is 96.4 cm³/mol. The molecular weight excluding hydrogens is 300 g/mol. The molecule has 4 heteroatoms. The number of aryl methyl sites for hydroxylation is 2. The molecule has 2 aliphatic rings. The number of likely N-dealkylation sites (tertiary alicyclic amines) is 1. The van der Waals surface area contributed by atoms with E-state index in [4.69, 9.17) is 0 Å². The summed E-state index contributed by atoms with van der Waals surface area (Å²) in [5.41, 5.74) is 3.65. The van der Waals surface area contributed by atoms with Crippen molar-refractivity contribution in [1.82, 2.24) is 4.90 Å². The Labute approximate surface area is 142 Å². The third kappa shape index (κ3) is 2.65. The number of urea groups is 1. The van der Waals surface area contributed by atoms with Crippen LogP contribution in [0.3, 0.4) is 0 Å². The van der Waals surface area contributed by atoms with Crippen LogP contribution in [0.2, 0.25) is 0 Å². The fourth-order valence-electron chi connectivity index (χ4n) is 4.14. The molecule has 0 spiro atoms. The lowest BCUT2D eigenvalue weighted by Crippen LogP contribution is -2.44. The van der Waals surface area contributed by atoms with Crippen LogP contribution in [0, 0.1) is 5.92 Å². The van der Waals surface area contributed by atoms with E-state index < -0.39 is 0 Å². The van der Waals surface area contributed by atoms with E-state index in [0.29, 0.717) is 6.54 Å². The van der Waals surface area contributed by atoms with Gasteiger partial charge in [0.15, 0.2) is 0 Å². The highest BCUT2D eigenvalue weighted by Crippen LogP contribution is 2.35. The number of amides is 2. The summed E-state index contributed by atoms with van der Waals surface area (Å²) < 4.78 is 0. The van der Waals surface area contributed by atoms with E-state index in [9.17, 15) is 9.90 Å². The second kappa shape index (κ2) is 6.10. The van der Waals surface area contributed by atoms with Crippen LogP contribution >= 0.6 is 0 Å². The van der Waals surface area contributed by atoms with Crippen molar-refractivity contribution in [3.63, 3.8) is 0 Å². The molecule has 4 rings (SSSR count). The second-order valence-electron chi connectivity index (χ2n) is 7.13. The van der Waals surface area contributed by atoms with Crippen LogP contribution in [0.1, 0.15) is 30.9 Å². The molecule has 0 bridgehead atoms. The van der Waals surface area contributed by atoms with Gasteiger partial charge >= 0.3 is 6.03 Å². The Morgan fingerprint density at radius 1 is 1.25 bits per heavy atom. The molecule has 4 nitrogen and oxygen atoms in total. The van der Waals surface area contributed by atoms with Gasteiger partial charge < -0.3 is 15.3 Å². The molecule has 2 atom stereocenters. The van der Waals surface area contributed by atoms with Gasteiger partial charge in [-0.3, -0.25) is 0 Å². The van der Waals surface area contributed by atoms with Crippen molar-refractivity contribution in [1.29, 1.82) is 0 Å². The molecule has 0 saturated carbocycles. The number of nitrogens with zero attached hydrogens (tertiary/aromatic N) is 1. The normalized spacial score (nSPS) is 21.1. The van der Waals surface area contributed by atoms with E-state index in [-0.39, 0.29) is 18.1 Å². The number of carbonyl (C=O) groups is 1. The number of hydrogen-bond donors (Lipinski definition) is 2. The number of rotatable bonds is 2. The van der Waals surface area contributed by atoms with Gasteiger partial charge in [0.2, 0.25) is 0 Å². The number of anilines is 1. The van der Waals surface area contributed by atoms with Gasteiger partial charge in [0, 0.05) is 24.4 Å². The van der Waals surface area contributed by atoms with Gasteiger partial charge in [-0.25, -0.2) is 4.79 Å². The molecule has 24 heavy (non-hydrogen) atoms. The van der Waals surface area contributed by atoms with Crippen molar-refractivity contribution in [3.8, 4) is 0 Å². The third-order valence-electron chi connectivity index (χ3n) is 5.55. The standard InChI is InChI=1S/C20H24N2O2/c1-13(23)16-5-3-11-22(12-16)20(24)21-18-10-9-15-8-7-14-4-2-6-17(18)19(14)15/h2,4,6,9-10,13,16,23H,3,5,7-8,11-12H2,1H3,(H,21,24). The van der Waals surface area contributed by atoms with Crippen molar-refractivity contribution in [2.75, 3.05) is 18.4 Å². The van der Waals surface area contributed by atoms with Crippen LogP contribution < -0.4 is 5.32 Å². The Kier molecular flexibility index (Phi) is 3.93. The Hall–Kier alpha value is -2.07. The summed E-state index contributed by atoms with van der Waals surface area (Å²) in [6, 6.07) is 10.5. The lowest BCUT2D eigenvalue weighted by atomic mass is 9.94. The van der Waals surface area contributed by atoms with Gasteiger partial charge in [-0.2, -0.15) is 0 Å². The average Bonchev–Trinajstić information content (AvgIpc) is 3.02. The summed E-state index contributed by atoms with van der Waals surface area (Å²) in [5, 5.41) is 15.4. The molecule has 2 aromatic rings. The Morgan fingerprint density at radius 3 is 2.83 bits per heavy atom. The highest BCUT2D eigenvalue weighted by atomic mass is 16.3. The topological polar surface area (TPSA) is 52.6 Å². The molecule has 1 saturated heterocycles. The lowest BCUT2D eigenvalue weighted by molar-refractivity contribution is 0.0766. The van der Waals surface area contributed by atoms with Gasteiger partial charge in [-0.15, -0.1) is 0 Å². The first-order valence-electron chi connectivity index (χ1n) is 8.91. The maximum absolute atomic E-state index is 12.7. The molecule has 2 unspecified atom stereocenters. The van der Waals surface area contributed by atoms with Crippen LogP contribution in [0.25, 0.3) is 10.8 Å². The van der Waals surface area contributed by atoms with E-state index in [0.717, 1.165) is 43.3 Å². The van der Waals surface area contributed by atoms with Gasteiger partial charge in [-0.1, -0.05) is 24.3 Å². The maximum atomic E-state index is 12.7. The second-order valence-corrected chi connectivity index (χ2v) is 7.13. The van der Waals surface area contributed by atoms with Crippen LogP contribution in [-0.4, -0.2) is 35.2 Å². The number of hydrogen-bond acceptors (Lipinski definition) is 2. The van der Waals surface area contributed by atoms with Crippen molar-refractivity contribution in [2.24, 2.45) is 5.92 Å². The van der Waals surface area contributed by atoms with E-state index in [2.05, 4.69) is 29.6 Å². The summed E-state index contributed by atoms with van der Waals surface area (Å²) in [6.45, 7) is 3.20. The number of aliphatic hydroxyl groups is 1. The Balaban J connectivity index is 1.58. The van der Waals surface area contributed by atoms with Gasteiger partial charge in [-0.05, 0) is 55.2 Å². The minimum absolute atomic E-state index is 0.0564.